The van der Waals surface area contributed by atoms with Crippen LogP contribution in [0, 0.1) is 18.6 Å². The molecule has 1 aromatic heterocycles. The average molecular weight is 458 g/mol. The highest BCUT2D eigenvalue weighted by molar-refractivity contribution is 5.94. The number of anilines is 1. The molecule has 0 unspecified atom stereocenters. The minimum absolute atomic E-state index is 0.0335. The Morgan fingerprint density at radius 1 is 1.00 bits per heavy atom. The van der Waals surface area contributed by atoms with E-state index in [0.29, 0.717) is 5.89 Å². The van der Waals surface area contributed by atoms with Crippen LogP contribution in [-0.2, 0) is 25.5 Å². The van der Waals surface area contributed by atoms with Gasteiger partial charge >= 0.3 is 5.97 Å². The number of hydrogen-bond acceptors (Lipinski definition) is 7. The molecule has 0 fully saturated rings. The van der Waals surface area contributed by atoms with Crippen molar-refractivity contribution in [2.45, 2.75) is 19.8 Å². The van der Waals surface area contributed by atoms with Crippen molar-refractivity contribution in [3.05, 3.63) is 65.6 Å². The van der Waals surface area contributed by atoms with Gasteiger partial charge in [0, 0.05) is 23.7 Å². The van der Waals surface area contributed by atoms with E-state index in [9.17, 15) is 23.2 Å². The van der Waals surface area contributed by atoms with Gasteiger partial charge in [0.15, 0.2) is 18.2 Å². The lowest BCUT2D eigenvalue weighted by molar-refractivity contribution is -0.148. The zero-order valence-electron chi connectivity index (χ0n) is 17.6. The first-order chi connectivity index (χ1) is 15.8. The Hall–Kier alpha value is -4.15. The quantitative estimate of drug-likeness (QED) is 0.473. The van der Waals surface area contributed by atoms with Crippen LogP contribution in [0.2, 0.25) is 0 Å². The van der Waals surface area contributed by atoms with Gasteiger partial charge in [-0.15, -0.1) is 10.2 Å². The van der Waals surface area contributed by atoms with Crippen molar-refractivity contribution in [3.63, 3.8) is 0 Å². The van der Waals surface area contributed by atoms with Crippen LogP contribution in [0.5, 0.6) is 0 Å². The molecule has 3 aromatic rings. The van der Waals surface area contributed by atoms with Gasteiger partial charge < -0.3 is 19.8 Å². The van der Waals surface area contributed by atoms with E-state index in [-0.39, 0.29) is 24.4 Å². The Labute approximate surface area is 187 Å². The maximum absolute atomic E-state index is 13.1. The van der Waals surface area contributed by atoms with Crippen LogP contribution in [0.3, 0.4) is 0 Å². The third kappa shape index (κ3) is 7.20. The third-order valence-corrected chi connectivity index (χ3v) is 4.32. The number of nitrogens with one attached hydrogen (secondary N) is 2. The van der Waals surface area contributed by atoms with Crippen molar-refractivity contribution in [2.75, 3.05) is 18.5 Å². The summed E-state index contributed by atoms with van der Waals surface area (Å²) in [5, 5.41) is 12.4. The summed E-state index contributed by atoms with van der Waals surface area (Å²) in [6, 6.07) is 10.4. The molecule has 0 saturated heterocycles. The Balaban J connectivity index is 1.35. The molecular weight excluding hydrogens is 438 g/mol. The van der Waals surface area contributed by atoms with Crippen LogP contribution in [0.15, 0.2) is 46.9 Å². The number of halogens is 2. The first-order valence-corrected chi connectivity index (χ1v) is 9.87. The lowest BCUT2D eigenvalue weighted by Crippen LogP contribution is -2.35. The fourth-order valence-electron chi connectivity index (χ4n) is 2.60. The molecule has 172 valence electrons. The number of ether oxygens (including phenoxy) is 1. The number of esters is 1. The smallest absolute Gasteiger partial charge is 0.306 e. The van der Waals surface area contributed by atoms with Crippen molar-refractivity contribution in [3.8, 4) is 11.5 Å². The molecule has 3 rings (SSSR count). The maximum atomic E-state index is 13.1. The van der Waals surface area contributed by atoms with E-state index in [2.05, 4.69) is 20.8 Å². The topological polar surface area (TPSA) is 123 Å². The van der Waals surface area contributed by atoms with Gasteiger partial charge in [-0.3, -0.25) is 14.4 Å². The van der Waals surface area contributed by atoms with E-state index in [1.165, 1.54) is 6.07 Å². The van der Waals surface area contributed by atoms with E-state index < -0.39 is 42.6 Å². The summed E-state index contributed by atoms with van der Waals surface area (Å²) in [6.07, 6.45) is 0.0510. The number of rotatable bonds is 9. The summed E-state index contributed by atoms with van der Waals surface area (Å²) >= 11 is 0. The van der Waals surface area contributed by atoms with E-state index in [0.717, 1.165) is 23.3 Å². The molecule has 0 aliphatic rings. The fraction of sp³-hybridized carbons (Fsp3) is 0.227. The van der Waals surface area contributed by atoms with Crippen LogP contribution in [0.4, 0.5) is 14.5 Å². The number of benzene rings is 2. The Morgan fingerprint density at radius 2 is 1.76 bits per heavy atom. The number of nitrogens with zero attached hydrogens (tertiary/aromatic N) is 2. The molecular formula is C22H20F2N4O5. The minimum Gasteiger partial charge on any atom is -0.456 e. The first-order valence-electron chi connectivity index (χ1n) is 9.87. The number of aryl methyl sites for hydroxylation is 2. The summed E-state index contributed by atoms with van der Waals surface area (Å²) in [5.41, 5.74) is 1.88. The van der Waals surface area contributed by atoms with Gasteiger partial charge in [0.1, 0.15) is 0 Å². The van der Waals surface area contributed by atoms with Crippen LogP contribution >= 0.6 is 0 Å². The number of carbonyl (C=O) groups is 3. The van der Waals surface area contributed by atoms with Crippen LogP contribution in [-0.4, -0.2) is 41.1 Å². The van der Waals surface area contributed by atoms with Crippen LogP contribution < -0.4 is 10.6 Å². The van der Waals surface area contributed by atoms with Crippen molar-refractivity contribution in [2.24, 2.45) is 0 Å². The van der Waals surface area contributed by atoms with Crippen molar-refractivity contribution in [1.29, 1.82) is 0 Å². The highest BCUT2D eigenvalue weighted by atomic mass is 19.2. The molecule has 11 heteroatoms. The van der Waals surface area contributed by atoms with Crippen molar-refractivity contribution in [1.82, 2.24) is 15.5 Å². The Bertz CT molecular complexity index is 1150. The number of carbonyl (C=O) groups excluding carboxylic acids is 3. The minimum atomic E-state index is -1.12. The summed E-state index contributed by atoms with van der Waals surface area (Å²) in [6.45, 7) is 0.925. The molecule has 0 saturated carbocycles. The third-order valence-electron chi connectivity index (χ3n) is 4.32. The monoisotopic (exact) mass is 458 g/mol. The molecule has 9 nitrogen and oxygen atoms in total. The predicted octanol–water partition coefficient (Wildman–Crippen LogP) is 2.55. The highest BCUT2D eigenvalue weighted by Gasteiger charge is 2.13. The van der Waals surface area contributed by atoms with Crippen LogP contribution in [0.1, 0.15) is 17.9 Å². The molecule has 0 atom stereocenters. The molecule has 0 spiro atoms. The Morgan fingerprint density at radius 3 is 2.48 bits per heavy atom. The molecule has 1 heterocycles. The normalized spacial score (nSPS) is 10.5. The Kier molecular flexibility index (Phi) is 7.79. The van der Waals surface area contributed by atoms with Gasteiger partial charge in [0.2, 0.25) is 17.7 Å². The summed E-state index contributed by atoms with van der Waals surface area (Å²) in [7, 11) is 0. The lowest BCUT2D eigenvalue weighted by atomic mass is 10.1. The first kappa shape index (κ1) is 23.5. The maximum Gasteiger partial charge on any atom is 0.306 e. The average Bonchev–Trinajstić information content (AvgIpc) is 3.27. The molecule has 0 aliphatic heterocycles. The van der Waals surface area contributed by atoms with E-state index >= 15 is 0 Å². The predicted molar refractivity (Wildman–Crippen MR) is 112 cm³/mol. The molecule has 2 amide bonds. The molecule has 33 heavy (non-hydrogen) atoms. The number of aromatic nitrogens is 2. The largest absolute Gasteiger partial charge is 0.456 e. The molecule has 2 aromatic carbocycles. The fourth-order valence-corrected chi connectivity index (χ4v) is 2.60. The van der Waals surface area contributed by atoms with Gasteiger partial charge in [-0.05, 0) is 31.2 Å². The standard InChI is InChI=1S/C22H20F2N4O5/c1-13-2-4-14(5-3-13)22-28-27-20(33-22)8-9-21(31)32-12-19(30)25-11-18(29)26-15-6-7-16(23)17(24)10-15/h2-7,10H,8-9,11-12H2,1H3,(H,25,30)(H,26,29). The van der Waals surface area contributed by atoms with E-state index in [4.69, 9.17) is 9.15 Å². The number of hydrogen-bond donors (Lipinski definition) is 2. The molecule has 0 aliphatic carbocycles. The second-order valence-electron chi connectivity index (χ2n) is 6.98. The van der Waals surface area contributed by atoms with Gasteiger partial charge in [0.05, 0.1) is 13.0 Å². The SMILES string of the molecule is Cc1ccc(-c2nnc(CCC(=O)OCC(=O)NCC(=O)Nc3ccc(F)c(F)c3)o2)cc1. The van der Waals surface area contributed by atoms with Crippen molar-refractivity contribution < 1.29 is 32.3 Å². The van der Waals surface area contributed by atoms with Gasteiger partial charge in [0.25, 0.3) is 5.91 Å². The zero-order chi connectivity index (χ0) is 23.8. The molecule has 0 bridgehead atoms. The summed E-state index contributed by atoms with van der Waals surface area (Å²) in [4.78, 5) is 35.3. The second-order valence-corrected chi connectivity index (χ2v) is 6.98. The van der Waals surface area contributed by atoms with E-state index in [1.807, 2.05) is 31.2 Å². The summed E-state index contributed by atoms with van der Waals surface area (Å²) < 4.78 is 36.4. The molecule has 2 N–H and O–H groups in total. The van der Waals surface area contributed by atoms with Gasteiger partial charge in [-0.25, -0.2) is 8.78 Å². The van der Waals surface area contributed by atoms with Crippen LogP contribution in [0.25, 0.3) is 11.5 Å². The lowest BCUT2D eigenvalue weighted by Gasteiger charge is -2.08. The van der Waals surface area contributed by atoms with Gasteiger partial charge in [-0.2, -0.15) is 0 Å². The second kappa shape index (κ2) is 10.9. The zero-order valence-corrected chi connectivity index (χ0v) is 17.6. The van der Waals surface area contributed by atoms with Gasteiger partial charge in [-0.1, -0.05) is 17.7 Å². The summed E-state index contributed by atoms with van der Waals surface area (Å²) in [5.74, 6) is -3.61. The number of amides is 2. The molecule has 0 radical (unpaired) electrons. The van der Waals surface area contributed by atoms with Crippen molar-refractivity contribution >= 4 is 23.5 Å². The highest BCUT2D eigenvalue weighted by Crippen LogP contribution is 2.18. The van der Waals surface area contributed by atoms with E-state index in [1.54, 1.807) is 0 Å².